The molecule has 0 aliphatic rings. The van der Waals surface area contributed by atoms with E-state index in [1.165, 1.54) is 10.7 Å². The highest BCUT2D eigenvalue weighted by Gasteiger charge is 2.19. The maximum absolute atomic E-state index is 14.1. The van der Waals surface area contributed by atoms with Crippen LogP contribution in [0.3, 0.4) is 0 Å². The van der Waals surface area contributed by atoms with Gasteiger partial charge in [-0.25, -0.2) is 9.37 Å². The van der Waals surface area contributed by atoms with Gasteiger partial charge in [-0.15, -0.1) is 0 Å². The van der Waals surface area contributed by atoms with Crippen LogP contribution in [-0.4, -0.2) is 22.5 Å². The molecule has 0 aliphatic heterocycles. The fraction of sp³-hybridized carbons (Fsp3) is 0.206. The Bertz CT molecular complexity index is 1880. The van der Waals surface area contributed by atoms with Gasteiger partial charge in [0.05, 0.1) is 30.9 Å². The molecule has 0 amide bonds. The van der Waals surface area contributed by atoms with Crippen molar-refractivity contribution in [2.24, 2.45) is 5.10 Å². The predicted molar refractivity (Wildman–Crippen MR) is 187 cm³/mol. The van der Waals surface area contributed by atoms with Crippen LogP contribution in [0.2, 0.25) is 0 Å². The Morgan fingerprint density at radius 1 is 1.00 bits per heavy atom. The van der Waals surface area contributed by atoms with E-state index in [1.54, 1.807) is 30.5 Å². The van der Waals surface area contributed by atoms with Crippen LogP contribution >= 0.6 is 45.2 Å². The van der Waals surface area contributed by atoms with Gasteiger partial charge in [0, 0.05) is 11.1 Å². The lowest BCUT2D eigenvalue weighted by atomic mass is 9.96. The highest BCUT2D eigenvalue weighted by molar-refractivity contribution is 14.1. The molecule has 5 rings (SSSR count). The van der Waals surface area contributed by atoms with E-state index in [9.17, 15) is 9.18 Å². The first-order valence-electron chi connectivity index (χ1n) is 13.9. The number of aryl methyl sites for hydroxylation is 1. The Hall–Kier alpha value is -3.32. The van der Waals surface area contributed by atoms with Crippen molar-refractivity contribution in [3.8, 4) is 22.9 Å². The third kappa shape index (κ3) is 6.77. The number of para-hydroxylation sites is 1. The van der Waals surface area contributed by atoms with Crippen LogP contribution in [0.15, 0.2) is 82.7 Å². The van der Waals surface area contributed by atoms with Gasteiger partial charge in [0.1, 0.15) is 23.9 Å². The minimum absolute atomic E-state index is 0.118. The lowest BCUT2D eigenvalue weighted by Crippen LogP contribution is -2.21. The number of aromatic nitrogens is 2. The fourth-order valence-corrected chi connectivity index (χ4v) is 6.89. The first kappa shape index (κ1) is 31.1. The number of rotatable bonds is 9. The fourth-order valence-electron chi connectivity index (χ4n) is 4.76. The lowest BCUT2D eigenvalue weighted by molar-refractivity contribution is 0.295. The van der Waals surface area contributed by atoms with Crippen molar-refractivity contribution in [1.29, 1.82) is 0 Å². The van der Waals surface area contributed by atoms with Crippen LogP contribution in [-0.2, 0) is 6.61 Å². The summed E-state index contributed by atoms with van der Waals surface area (Å²) >= 11 is 4.39. The summed E-state index contributed by atoms with van der Waals surface area (Å²) in [5, 5.41) is 5.17. The van der Waals surface area contributed by atoms with Crippen molar-refractivity contribution in [2.75, 3.05) is 6.61 Å². The van der Waals surface area contributed by atoms with Crippen molar-refractivity contribution < 1.29 is 13.9 Å². The maximum atomic E-state index is 14.1. The summed E-state index contributed by atoms with van der Waals surface area (Å²) in [5.74, 6) is 1.85. The summed E-state index contributed by atoms with van der Waals surface area (Å²) in [6.45, 7) is 8.86. The normalized spacial score (nSPS) is 11.5. The number of hydrogen-bond donors (Lipinski definition) is 0. The van der Waals surface area contributed by atoms with Crippen molar-refractivity contribution in [1.82, 2.24) is 9.66 Å². The second-order valence-electron chi connectivity index (χ2n) is 10.3. The van der Waals surface area contributed by atoms with Gasteiger partial charge in [-0.2, -0.15) is 9.78 Å². The molecule has 4 aromatic carbocycles. The van der Waals surface area contributed by atoms with E-state index in [4.69, 9.17) is 14.5 Å². The van der Waals surface area contributed by atoms with E-state index >= 15 is 0 Å². The van der Waals surface area contributed by atoms with Crippen LogP contribution in [0.4, 0.5) is 4.39 Å². The highest BCUT2D eigenvalue weighted by Crippen LogP contribution is 2.34. The van der Waals surface area contributed by atoms with Crippen LogP contribution in [0.1, 0.15) is 48.9 Å². The third-order valence-corrected chi connectivity index (χ3v) is 8.55. The number of halogens is 3. The Morgan fingerprint density at radius 2 is 1.70 bits per heavy atom. The molecule has 0 N–H and O–H groups in total. The maximum Gasteiger partial charge on any atom is 0.282 e. The molecule has 0 saturated carbocycles. The Labute approximate surface area is 277 Å². The van der Waals surface area contributed by atoms with Crippen molar-refractivity contribution >= 4 is 62.3 Å². The zero-order valence-electron chi connectivity index (χ0n) is 24.2. The number of ether oxygens (including phenoxy) is 2. The first-order valence-corrected chi connectivity index (χ1v) is 16.0. The van der Waals surface area contributed by atoms with E-state index < -0.39 is 0 Å². The van der Waals surface area contributed by atoms with Crippen LogP contribution in [0.25, 0.3) is 22.3 Å². The Balaban J connectivity index is 1.57. The van der Waals surface area contributed by atoms with Crippen LogP contribution < -0.4 is 15.0 Å². The number of benzene rings is 4. The zero-order chi connectivity index (χ0) is 30.7. The van der Waals surface area contributed by atoms with Crippen LogP contribution in [0, 0.1) is 19.9 Å². The molecular weight excluding hydrogens is 771 g/mol. The molecule has 0 fully saturated rings. The second-order valence-corrected chi connectivity index (χ2v) is 12.6. The molecule has 1 heterocycles. The van der Waals surface area contributed by atoms with Gasteiger partial charge in [0.2, 0.25) is 0 Å². The van der Waals surface area contributed by atoms with Gasteiger partial charge >= 0.3 is 0 Å². The van der Waals surface area contributed by atoms with Gasteiger partial charge in [0.25, 0.3) is 5.56 Å². The standard InChI is InChI=1S/C34H30FI2N3O3/c1-5-42-31-14-21(4)26(17-25(31)20(2)3)33-39-30-13-9-7-11-24(30)34(41)40(33)38-18-22-15-28(36)32(29(37)16-22)43-19-23-10-6-8-12-27(23)35/h6-18,20H,5,19H2,1-4H3. The summed E-state index contributed by atoms with van der Waals surface area (Å²) in [7, 11) is 0. The second kappa shape index (κ2) is 13.5. The highest BCUT2D eigenvalue weighted by atomic mass is 127. The molecule has 0 spiro atoms. The quantitative estimate of drug-likeness (QED) is 0.111. The van der Waals surface area contributed by atoms with Crippen molar-refractivity contribution in [3.63, 3.8) is 0 Å². The summed E-state index contributed by atoms with van der Waals surface area (Å²) in [6, 6.07) is 21.8. The monoisotopic (exact) mass is 801 g/mol. The van der Waals surface area contributed by atoms with E-state index in [2.05, 4.69) is 70.2 Å². The minimum Gasteiger partial charge on any atom is -0.494 e. The Morgan fingerprint density at radius 3 is 2.40 bits per heavy atom. The summed E-state index contributed by atoms with van der Waals surface area (Å²) < 4.78 is 29.1. The van der Waals surface area contributed by atoms with Gasteiger partial charge in [-0.05, 0) is 124 Å². The molecule has 1 aromatic heterocycles. The predicted octanol–water partition coefficient (Wildman–Crippen LogP) is 8.70. The molecule has 0 saturated heterocycles. The molecule has 6 nitrogen and oxygen atoms in total. The van der Waals surface area contributed by atoms with Gasteiger partial charge < -0.3 is 9.47 Å². The molecule has 220 valence electrons. The first-order chi connectivity index (χ1) is 20.7. The molecular formula is C34H30FI2N3O3. The van der Waals surface area contributed by atoms with Crippen molar-refractivity contribution in [2.45, 2.75) is 40.2 Å². The molecule has 0 bridgehead atoms. The third-order valence-electron chi connectivity index (χ3n) is 6.95. The molecule has 0 radical (unpaired) electrons. The van der Waals surface area contributed by atoms with Gasteiger partial charge in [0.15, 0.2) is 5.82 Å². The van der Waals surface area contributed by atoms with E-state index in [0.717, 1.165) is 35.1 Å². The SMILES string of the molecule is CCOc1cc(C)c(-c2nc3ccccc3c(=O)n2N=Cc2cc(I)c(OCc3ccccc3F)c(I)c2)cc1C(C)C. The van der Waals surface area contributed by atoms with E-state index in [-0.39, 0.29) is 23.9 Å². The lowest BCUT2D eigenvalue weighted by Gasteiger charge is -2.18. The summed E-state index contributed by atoms with van der Waals surface area (Å²) in [6.07, 6.45) is 1.65. The zero-order valence-corrected chi connectivity index (χ0v) is 28.5. The summed E-state index contributed by atoms with van der Waals surface area (Å²) in [4.78, 5) is 18.7. The number of fused-ring (bicyclic) bond motifs is 1. The average molecular weight is 801 g/mol. The van der Waals surface area contributed by atoms with Gasteiger partial charge in [-0.1, -0.05) is 44.2 Å². The average Bonchev–Trinajstić information content (AvgIpc) is 2.97. The van der Waals surface area contributed by atoms with Crippen LogP contribution in [0.5, 0.6) is 11.5 Å². The smallest absolute Gasteiger partial charge is 0.282 e. The topological polar surface area (TPSA) is 65.7 Å². The molecule has 0 atom stereocenters. The molecule has 9 heteroatoms. The number of nitrogens with zero attached hydrogens (tertiary/aromatic N) is 3. The molecule has 0 unspecified atom stereocenters. The molecule has 0 aliphatic carbocycles. The molecule has 5 aromatic rings. The van der Waals surface area contributed by atoms with Gasteiger partial charge in [-0.3, -0.25) is 4.79 Å². The minimum atomic E-state index is -0.301. The van der Waals surface area contributed by atoms with Crippen molar-refractivity contribution in [3.05, 3.63) is 118 Å². The number of hydrogen-bond acceptors (Lipinski definition) is 5. The largest absolute Gasteiger partial charge is 0.494 e. The summed E-state index contributed by atoms with van der Waals surface area (Å²) in [5.41, 5.74) is 4.40. The molecule has 43 heavy (non-hydrogen) atoms. The van der Waals surface area contributed by atoms with E-state index in [0.29, 0.717) is 34.6 Å². The van der Waals surface area contributed by atoms with E-state index in [1.807, 2.05) is 50.2 Å². The Kier molecular flexibility index (Phi) is 9.80.